The molecular formula is C24H25ClF5N3O4S. The van der Waals surface area contributed by atoms with Gasteiger partial charge in [-0.1, -0.05) is 25.4 Å². The third-order valence-corrected chi connectivity index (χ3v) is 7.37. The molecule has 1 atom stereocenters. The molecule has 38 heavy (non-hydrogen) atoms. The molecule has 2 aromatic carbocycles. The van der Waals surface area contributed by atoms with Crippen LogP contribution in [0.1, 0.15) is 19.4 Å². The SMILES string of the molecule is CCN(CC)CCO[C@@H](CO)CSc1c(-c2cc(Cl)c(F)cc2F)c(C(F)(F)F)cc2c(=O)[nH]c(=O)[nH]c12. The Labute approximate surface area is 223 Å². The van der Waals surface area contributed by atoms with Gasteiger partial charge < -0.3 is 19.7 Å². The van der Waals surface area contributed by atoms with Crippen molar-refractivity contribution in [1.29, 1.82) is 0 Å². The van der Waals surface area contributed by atoms with Gasteiger partial charge in [-0.25, -0.2) is 13.6 Å². The zero-order valence-corrected chi connectivity index (χ0v) is 21.9. The highest BCUT2D eigenvalue weighted by Crippen LogP contribution is 2.46. The molecule has 1 aromatic heterocycles. The van der Waals surface area contributed by atoms with E-state index >= 15 is 0 Å². The van der Waals surface area contributed by atoms with E-state index in [9.17, 15) is 36.6 Å². The second-order valence-electron chi connectivity index (χ2n) is 8.22. The summed E-state index contributed by atoms with van der Waals surface area (Å²) in [7, 11) is 0. The number of halogens is 6. The highest BCUT2D eigenvalue weighted by Gasteiger charge is 2.37. The third-order valence-electron chi connectivity index (χ3n) is 5.85. The second-order valence-corrected chi connectivity index (χ2v) is 9.65. The fourth-order valence-electron chi connectivity index (χ4n) is 3.84. The van der Waals surface area contributed by atoms with E-state index < -0.39 is 68.9 Å². The second kappa shape index (κ2) is 12.6. The van der Waals surface area contributed by atoms with Crippen molar-refractivity contribution in [2.75, 3.05) is 38.6 Å². The number of ether oxygens (including phenoxy) is 1. The number of aliphatic hydroxyl groups is 1. The van der Waals surface area contributed by atoms with E-state index in [2.05, 4.69) is 9.88 Å². The summed E-state index contributed by atoms with van der Waals surface area (Å²) in [5.74, 6) is -2.63. The van der Waals surface area contributed by atoms with E-state index in [-0.39, 0.29) is 22.8 Å². The minimum atomic E-state index is -5.08. The van der Waals surface area contributed by atoms with Gasteiger partial charge in [-0.05, 0) is 25.2 Å². The third kappa shape index (κ3) is 6.75. The number of aliphatic hydroxyl groups excluding tert-OH is 1. The zero-order chi connectivity index (χ0) is 28.2. The van der Waals surface area contributed by atoms with Gasteiger partial charge in [-0.2, -0.15) is 13.2 Å². The molecule has 0 radical (unpaired) electrons. The minimum Gasteiger partial charge on any atom is -0.394 e. The minimum absolute atomic E-state index is 0.121. The number of rotatable bonds is 11. The first-order valence-corrected chi connectivity index (χ1v) is 12.9. The van der Waals surface area contributed by atoms with Crippen LogP contribution in [0.2, 0.25) is 5.02 Å². The van der Waals surface area contributed by atoms with Crippen molar-refractivity contribution in [2.45, 2.75) is 31.0 Å². The quantitative estimate of drug-likeness (QED) is 0.173. The number of aromatic nitrogens is 2. The van der Waals surface area contributed by atoms with Gasteiger partial charge in [0, 0.05) is 34.4 Å². The smallest absolute Gasteiger partial charge is 0.394 e. The van der Waals surface area contributed by atoms with Crippen LogP contribution < -0.4 is 11.2 Å². The summed E-state index contributed by atoms with van der Waals surface area (Å²) in [6.45, 7) is 5.76. The van der Waals surface area contributed by atoms with Gasteiger partial charge in [-0.3, -0.25) is 9.78 Å². The molecule has 14 heteroatoms. The Hall–Kier alpha value is -2.45. The molecule has 0 aliphatic rings. The maximum absolute atomic E-state index is 14.9. The van der Waals surface area contributed by atoms with Crippen molar-refractivity contribution in [2.24, 2.45) is 0 Å². The van der Waals surface area contributed by atoms with Crippen molar-refractivity contribution in [3.05, 3.63) is 61.3 Å². The molecule has 0 unspecified atom stereocenters. The molecule has 0 saturated carbocycles. The summed E-state index contributed by atoms with van der Waals surface area (Å²) in [5, 5.41) is 8.68. The van der Waals surface area contributed by atoms with E-state index in [1.54, 1.807) is 0 Å². The number of H-pyrrole nitrogens is 2. The summed E-state index contributed by atoms with van der Waals surface area (Å²) >= 11 is 6.50. The molecule has 3 rings (SSSR count). The predicted molar refractivity (Wildman–Crippen MR) is 136 cm³/mol. The van der Waals surface area contributed by atoms with Gasteiger partial charge >= 0.3 is 11.9 Å². The molecule has 0 fully saturated rings. The average molecular weight is 582 g/mol. The lowest BCUT2D eigenvalue weighted by molar-refractivity contribution is -0.137. The van der Waals surface area contributed by atoms with E-state index in [1.165, 1.54) is 0 Å². The normalized spacial score (nSPS) is 13.0. The van der Waals surface area contributed by atoms with Gasteiger partial charge in [0.15, 0.2) is 0 Å². The van der Waals surface area contributed by atoms with Gasteiger partial charge in [0.2, 0.25) is 0 Å². The standard InChI is InChI=1S/C24H25ClF5N3O4S/c1-3-33(4-2)5-6-37-12(10-34)11-38-21-19(13-8-16(25)18(27)9-17(13)26)15(24(28,29)30)7-14-20(21)31-23(36)32-22(14)35/h7-9,12,34H,3-6,10-11H2,1-2H3,(H2,31,32,35,36)/t12-/m0/s1. The van der Waals surface area contributed by atoms with Crippen LogP contribution >= 0.6 is 23.4 Å². The number of hydrogen-bond acceptors (Lipinski definition) is 6. The summed E-state index contributed by atoms with van der Waals surface area (Å²) in [6.07, 6.45) is -5.92. The fourth-order valence-corrected chi connectivity index (χ4v) is 5.23. The topological polar surface area (TPSA) is 98.4 Å². The number of thioether (sulfide) groups is 1. The first-order chi connectivity index (χ1) is 17.9. The van der Waals surface area contributed by atoms with Crippen molar-refractivity contribution < 1.29 is 31.8 Å². The van der Waals surface area contributed by atoms with Gasteiger partial charge in [0.25, 0.3) is 5.56 Å². The number of hydrogen-bond donors (Lipinski definition) is 3. The van der Waals surface area contributed by atoms with Crippen LogP contribution in [-0.2, 0) is 10.9 Å². The fraction of sp³-hybridized carbons (Fsp3) is 0.417. The van der Waals surface area contributed by atoms with E-state index in [0.717, 1.165) is 13.1 Å². The van der Waals surface area contributed by atoms with Crippen molar-refractivity contribution in [3.63, 3.8) is 0 Å². The molecule has 7 nitrogen and oxygen atoms in total. The average Bonchev–Trinajstić information content (AvgIpc) is 2.85. The van der Waals surface area contributed by atoms with Gasteiger partial charge in [-0.15, -0.1) is 11.8 Å². The number of nitrogens with one attached hydrogen (secondary N) is 2. The zero-order valence-electron chi connectivity index (χ0n) is 20.3. The molecule has 3 aromatic rings. The Morgan fingerprint density at radius 3 is 2.39 bits per heavy atom. The van der Waals surface area contributed by atoms with Crippen molar-refractivity contribution in [3.8, 4) is 11.1 Å². The molecule has 208 valence electrons. The highest BCUT2D eigenvalue weighted by molar-refractivity contribution is 7.99. The van der Waals surface area contributed by atoms with E-state index in [0.29, 0.717) is 36.5 Å². The molecule has 0 spiro atoms. The van der Waals surface area contributed by atoms with Crippen LogP contribution in [0.3, 0.4) is 0 Å². The molecule has 1 heterocycles. The van der Waals surface area contributed by atoms with Crippen LogP contribution in [0.15, 0.2) is 32.7 Å². The van der Waals surface area contributed by atoms with Gasteiger partial charge in [0.05, 0.1) is 40.8 Å². The van der Waals surface area contributed by atoms with Crippen LogP contribution in [0.4, 0.5) is 22.0 Å². The number of benzene rings is 2. The van der Waals surface area contributed by atoms with E-state index in [1.807, 2.05) is 18.8 Å². The number of nitrogens with zero attached hydrogens (tertiary/aromatic N) is 1. The lowest BCUT2D eigenvalue weighted by Crippen LogP contribution is -2.30. The maximum Gasteiger partial charge on any atom is 0.417 e. The summed E-state index contributed by atoms with van der Waals surface area (Å²) in [4.78, 5) is 30.4. The Morgan fingerprint density at radius 1 is 1.11 bits per heavy atom. The summed E-state index contributed by atoms with van der Waals surface area (Å²) in [6, 6.07) is 1.55. The molecule has 0 aliphatic carbocycles. The number of fused-ring (bicyclic) bond motifs is 1. The largest absolute Gasteiger partial charge is 0.417 e. The molecule has 0 saturated heterocycles. The number of likely N-dealkylation sites (N-methyl/N-ethyl adjacent to an activating group) is 1. The van der Waals surface area contributed by atoms with Crippen LogP contribution in [0.25, 0.3) is 22.0 Å². The lowest BCUT2D eigenvalue weighted by atomic mass is 9.96. The maximum atomic E-state index is 14.9. The van der Waals surface area contributed by atoms with Gasteiger partial charge in [0.1, 0.15) is 11.6 Å². The molecule has 3 N–H and O–H groups in total. The monoisotopic (exact) mass is 581 g/mol. The van der Waals surface area contributed by atoms with Crippen molar-refractivity contribution >= 4 is 34.3 Å². The lowest BCUT2D eigenvalue weighted by Gasteiger charge is -2.22. The first-order valence-electron chi connectivity index (χ1n) is 11.5. The predicted octanol–water partition coefficient (Wildman–Crippen LogP) is 4.65. The summed E-state index contributed by atoms with van der Waals surface area (Å²) in [5.41, 5.74) is -5.19. The van der Waals surface area contributed by atoms with Crippen LogP contribution in [0, 0.1) is 11.6 Å². The Balaban J connectivity index is 2.19. The molecular weight excluding hydrogens is 557 g/mol. The van der Waals surface area contributed by atoms with Crippen molar-refractivity contribution in [1.82, 2.24) is 14.9 Å². The molecule has 0 aliphatic heterocycles. The van der Waals surface area contributed by atoms with Crippen LogP contribution in [0.5, 0.6) is 0 Å². The number of aromatic amines is 2. The molecule has 0 bridgehead atoms. The van der Waals surface area contributed by atoms with Crippen LogP contribution in [-0.4, -0.2) is 64.7 Å². The first kappa shape index (κ1) is 30.1. The Kier molecular flexibility index (Phi) is 9.98. The molecule has 0 amide bonds. The highest BCUT2D eigenvalue weighted by atomic mass is 35.5. The summed E-state index contributed by atoms with van der Waals surface area (Å²) < 4.78 is 77.2. The van der Waals surface area contributed by atoms with E-state index in [4.69, 9.17) is 16.3 Å². The number of alkyl halides is 3. The Bertz CT molecular complexity index is 1410. The Morgan fingerprint density at radius 2 is 1.79 bits per heavy atom.